The summed E-state index contributed by atoms with van der Waals surface area (Å²) in [5, 5.41) is 3.47. The van der Waals surface area contributed by atoms with Crippen LogP contribution >= 0.6 is 34.2 Å². The Hall–Kier alpha value is -1.34. The summed E-state index contributed by atoms with van der Waals surface area (Å²) in [6.07, 6.45) is 1.65. The van der Waals surface area contributed by atoms with Gasteiger partial charge in [-0.15, -0.1) is 0 Å². The SMILES string of the molecule is COc1cc(CNC(=O)c2ccc(Cl)cc2I)ccn1. The number of ether oxygens (including phenoxy) is 1. The smallest absolute Gasteiger partial charge is 0.252 e. The van der Waals surface area contributed by atoms with Crippen LogP contribution < -0.4 is 10.1 Å². The van der Waals surface area contributed by atoms with Crippen molar-refractivity contribution in [1.82, 2.24) is 10.3 Å². The van der Waals surface area contributed by atoms with Crippen LogP contribution in [-0.4, -0.2) is 18.0 Å². The predicted octanol–water partition coefficient (Wildman–Crippen LogP) is 3.28. The lowest BCUT2D eigenvalue weighted by atomic mass is 10.2. The van der Waals surface area contributed by atoms with Gasteiger partial charge in [0.2, 0.25) is 5.88 Å². The summed E-state index contributed by atoms with van der Waals surface area (Å²) >= 11 is 7.96. The number of hydrogen-bond donors (Lipinski definition) is 1. The van der Waals surface area contributed by atoms with Crippen LogP contribution in [-0.2, 0) is 6.54 Å². The van der Waals surface area contributed by atoms with Gasteiger partial charge in [-0.1, -0.05) is 11.6 Å². The lowest BCUT2D eigenvalue weighted by molar-refractivity contribution is 0.0950. The molecular formula is C14H12ClIN2O2. The van der Waals surface area contributed by atoms with Gasteiger partial charge in [0.25, 0.3) is 5.91 Å². The van der Waals surface area contributed by atoms with Crippen LogP contribution in [0.25, 0.3) is 0 Å². The zero-order chi connectivity index (χ0) is 14.5. The van der Waals surface area contributed by atoms with Crippen LogP contribution in [0.5, 0.6) is 5.88 Å². The number of amides is 1. The Kier molecular flexibility index (Phi) is 5.19. The highest BCUT2D eigenvalue weighted by Gasteiger charge is 2.10. The van der Waals surface area contributed by atoms with E-state index in [1.807, 2.05) is 6.07 Å². The molecule has 0 fully saturated rings. The Morgan fingerprint density at radius 1 is 1.40 bits per heavy atom. The number of benzene rings is 1. The molecule has 20 heavy (non-hydrogen) atoms. The molecule has 1 heterocycles. The van der Waals surface area contributed by atoms with Crippen molar-refractivity contribution in [3.8, 4) is 5.88 Å². The molecule has 0 unspecified atom stereocenters. The Labute approximate surface area is 135 Å². The molecule has 4 nitrogen and oxygen atoms in total. The monoisotopic (exact) mass is 402 g/mol. The van der Waals surface area contributed by atoms with Crippen LogP contribution in [0, 0.1) is 3.57 Å². The molecule has 1 amide bonds. The number of aromatic nitrogens is 1. The van der Waals surface area contributed by atoms with Gasteiger partial charge in [-0.25, -0.2) is 4.98 Å². The zero-order valence-corrected chi connectivity index (χ0v) is 13.6. The molecule has 1 N–H and O–H groups in total. The number of halogens is 2. The predicted molar refractivity (Wildman–Crippen MR) is 86.1 cm³/mol. The summed E-state index contributed by atoms with van der Waals surface area (Å²) in [6.45, 7) is 0.413. The normalized spacial score (nSPS) is 10.2. The van der Waals surface area contributed by atoms with E-state index < -0.39 is 0 Å². The zero-order valence-electron chi connectivity index (χ0n) is 10.7. The average molecular weight is 403 g/mol. The van der Waals surface area contributed by atoms with Gasteiger partial charge in [-0.05, 0) is 52.4 Å². The van der Waals surface area contributed by atoms with Gasteiger partial charge in [-0.2, -0.15) is 0 Å². The molecule has 0 saturated heterocycles. The minimum absolute atomic E-state index is 0.137. The highest BCUT2D eigenvalue weighted by molar-refractivity contribution is 14.1. The first-order chi connectivity index (χ1) is 9.60. The standard InChI is InChI=1S/C14H12ClIN2O2/c1-20-13-6-9(4-5-17-13)8-18-14(19)11-3-2-10(15)7-12(11)16/h2-7H,8H2,1H3,(H,18,19). The van der Waals surface area contributed by atoms with Crippen molar-refractivity contribution in [3.05, 3.63) is 56.2 Å². The second kappa shape index (κ2) is 6.90. The average Bonchev–Trinajstić information content (AvgIpc) is 2.45. The second-order valence-corrected chi connectivity index (χ2v) is 5.61. The number of rotatable bonds is 4. The molecule has 0 radical (unpaired) electrons. The number of hydrogen-bond acceptors (Lipinski definition) is 3. The van der Waals surface area contributed by atoms with Gasteiger partial charge in [-0.3, -0.25) is 4.79 Å². The molecule has 104 valence electrons. The van der Waals surface area contributed by atoms with E-state index >= 15 is 0 Å². The quantitative estimate of drug-likeness (QED) is 0.799. The Morgan fingerprint density at radius 2 is 2.20 bits per heavy atom. The summed E-state index contributed by atoms with van der Waals surface area (Å²) in [5.74, 6) is 0.389. The summed E-state index contributed by atoms with van der Waals surface area (Å²) < 4.78 is 5.86. The van der Waals surface area contributed by atoms with Gasteiger partial charge >= 0.3 is 0 Å². The first kappa shape index (κ1) is 15.1. The molecule has 0 aliphatic heterocycles. The van der Waals surface area contributed by atoms with E-state index in [9.17, 15) is 4.79 Å². The van der Waals surface area contributed by atoms with Gasteiger partial charge in [0.05, 0.1) is 12.7 Å². The van der Waals surface area contributed by atoms with Crippen LogP contribution in [0.3, 0.4) is 0 Å². The van der Waals surface area contributed by atoms with Crippen molar-refractivity contribution in [2.75, 3.05) is 7.11 Å². The lowest BCUT2D eigenvalue weighted by Crippen LogP contribution is -2.23. The van der Waals surface area contributed by atoms with Gasteiger partial charge in [0, 0.05) is 27.4 Å². The minimum Gasteiger partial charge on any atom is -0.481 e. The largest absolute Gasteiger partial charge is 0.481 e. The minimum atomic E-state index is -0.137. The maximum absolute atomic E-state index is 12.1. The molecule has 1 aromatic carbocycles. The van der Waals surface area contributed by atoms with E-state index in [1.165, 1.54) is 0 Å². The third-order valence-electron chi connectivity index (χ3n) is 2.64. The lowest BCUT2D eigenvalue weighted by Gasteiger charge is -2.08. The van der Waals surface area contributed by atoms with E-state index in [4.69, 9.17) is 16.3 Å². The first-order valence-corrected chi connectivity index (χ1v) is 7.28. The molecule has 0 bridgehead atoms. The summed E-state index contributed by atoms with van der Waals surface area (Å²) in [4.78, 5) is 16.1. The highest BCUT2D eigenvalue weighted by atomic mass is 127. The van der Waals surface area contributed by atoms with Crippen molar-refractivity contribution in [2.24, 2.45) is 0 Å². The molecule has 0 spiro atoms. The van der Waals surface area contributed by atoms with Gasteiger partial charge < -0.3 is 10.1 Å². The fourth-order valence-electron chi connectivity index (χ4n) is 1.62. The van der Waals surface area contributed by atoms with Gasteiger partial charge in [0.1, 0.15) is 0 Å². The molecule has 0 saturated carbocycles. The van der Waals surface area contributed by atoms with Crippen molar-refractivity contribution in [3.63, 3.8) is 0 Å². The molecule has 2 aromatic rings. The number of pyridine rings is 1. The third-order valence-corrected chi connectivity index (χ3v) is 3.76. The van der Waals surface area contributed by atoms with E-state index in [0.717, 1.165) is 9.13 Å². The van der Waals surface area contributed by atoms with E-state index in [-0.39, 0.29) is 5.91 Å². The molecule has 0 atom stereocenters. The number of nitrogens with zero attached hydrogens (tertiary/aromatic N) is 1. The summed E-state index contributed by atoms with van der Waals surface area (Å²) in [7, 11) is 1.56. The van der Waals surface area contributed by atoms with E-state index in [1.54, 1.807) is 37.6 Å². The Balaban J connectivity index is 2.04. The summed E-state index contributed by atoms with van der Waals surface area (Å²) in [6, 6.07) is 8.79. The molecule has 0 aliphatic carbocycles. The van der Waals surface area contributed by atoms with Crippen LogP contribution in [0.1, 0.15) is 15.9 Å². The maximum atomic E-state index is 12.1. The number of methoxy groups -OCH3 is 1. The van der Waals surface area contributed by atoms with Crippen molar-refractivity contribution < 1.29 is 9.53 Å². The van der Waals surface area contributed by atoms with Crippen molar-refractivity contribution in [2.45, 2.75) is 6.54 Å². The van der Waals surface area contributed by atoms with E-state index in [0.29, 0.717) is 23.0 Å². The topological polar surface area (TPSA) is 51.2 Å². The molecular weight excluding hydrogens is 391 g/mol. The fraction of sp³-hybridized carbons (Fsp3) is 0.143. The number of nitrogens with one attached hydrogen (secondary N) is 1. The fourth-order valence-corrected chi connectivity index (χ4v) is 2.74. The molecule has 2 rings (SSSR count). The van der Waals surface area contributed by atoms with Crippen molar-refractivity contribution in [1.29, 1.82) is 0 Å². The second-order valence-electron chi connectivity index (χ2n) is 4.01. The van der Waals surface area contributed by atoms with Crippen molar-refractivity contribution >= 4 is 40.1 Å². The first-order valence-electron chi connectivity index (χ1n) is 5.82. The van der Waals surface area contributed by atoms with Crippen LogP contribution in [0.4, 0.5) is 0 Å². The molecule has 6 heteroatoms. The number of carbonyl (C=O) groups is 1. The highest BCUT2D eigenvalue weighted by Crippen LogP contribution is 2.18. The Morgan fingerprint density at radius 3 is 2.90 bits per heavy atom. The summed E-state index contributed by atoms with van der Waals surface area (Å²) in [5.41, 5.74) is 1.53. The Bertz CT molecular complexity index is 634. The molecule has 0 aliphatic rings. The van der Waals surface area contributed by atoms with E-state index in [2.05, 4.69) is 32.9 Å². The maximum Gasteiger partial charge on any atom is 0.252 e. The number of carbonyl (C=O) groups excluding carboxylic acids is 1. The van der Waals surface area contributed by atoms with Gasteiger partial charge in [0.15, 0.2) is 0 Å². The molecule has 1 aromatic heterocycles. The van der Waals surface area contributed by atoms with Crippen LogP contribution in [0.2, 0.25) is 5.02 Å². The third kappa shape index (κ3) is 3.83. The van der Waals surface area contributed by atoms with Crippen LogP contribution in [0.15, 0.2) is 36.5 Å².